The van der Waals surface area contributed by atoms with E-state index >= 15 is 0 Å². The maximum Gasteiger partial charge on any atom is 0.335 e. The second-order valence-corrected chi connectivity index (χ2v) is 3.22. The van der Waals surface area contributed by atoms with Crippen molar-refractivity contribution in [3.8, 4) is 5.75 Å². The molecule has 1 atom stereocenters. The summed E-state index contributed by atoms with van der Waals surface area (Å²) in [5.74, 6) is -0.417. The van der Waals surface area contributed by atoms with Crippen LogP contribution in [0.2, 0.25) is 0 Å². The lowest BCUT2D eigenvalue weighted by Gasteiger charge is -2.13. The fraction of sp³-hybridized carbons (Fsp3) is 0.364. The summed E-state index contributed by atoms with van der Waals surface area (Å²) in [6.07, 6.45) is -0.0981. The van der Waals surface area contributed by atoms with Gasteiger partial charge in [0, 0.05) is 7.11 Å². The highest BCUT2D eigenvalue weighted by Gasteiger charge is 2.06. The first kappa shape index (κ1) is 11.5. The minimum atomic E-state index is -0.958. The highest BCUT2D eigenvalue weighted by Crippen LogP contribution is 2.14. The molecule has 0 heterocycles. The summed E-state index contributed by atoms with van der Waals surface area (Å²) in [6.45, 7) is 2.33. The van der Waals surface area contributed by atoms with Crippen molar-refractivity contribution < 1.29 is 19.4 Å². The van der Waals surface area contributed by atoms with E-state index in [1.54, 1.807) is 19.2 Å². The molecule has 15 heavy (non-hydrogen) atoms. The van der Waals surface area contributed by atoms with E-state index in [1.165, 1.54) is 12.1 Å². The smallest absolute Gasteiger partial charge is 0.335 e. The van der Waals surface area contributed by atoms with Crippen LogP contribution in [0.4, 0.5) is 0 Å². The first-order valence-electron chi connectivity index (χ1n) is 4.62. The number of hydrogen-bond donors (Lipinski definition) is 1. The van der Waals surface area contributed by atoms with E-state index in [9.17, 15) is 4.79 Å². The summed E-state index contributed by atoms with van der Waals surface area (Å²) < 4.78 is 10.4. The molecule has 0 unspecified atom stereocenters. The number of ether oxygens (including phenoxy) is 2. The topological polar surface area (TPSA) is 55.8 Å². The van der Waals surface area contributed by atoms with E-state index in [0.717, 1.165) is 0 Å². The predicted molar refractivity (Wildman–Crippen MR) is 55.4 cm³/mol. The molecule has 4 nitrogen and oxygen atoms in total. The number of aromatic carboxylic acids is 1. The Bertz CT molecular complexity index is 335. The SMILES string of the molecule is COC[C@H](C)Oc1cccc(C(=O)O)c1. The van der Waals surface area contributed by atoms with Crippen molar-refractivity contribution in [2.75, 3.05) is 13.7 Å². The van der Waals surface area contributed by atoms with Crippen LogP contribution in [-0.2, 0) is 4.74 Å². The molecule has 4 heteroatoms. The molecule has 1 aromatic carbocycles. The summed E-state index contributed by atoms with van der Waals surface area (Å²) in [4.78, 5) is 10.7. The number of methoxy groups -OCH3 is 1. The Balaban J connectivity index is 2.69. The average Bonchev–Trinajstić information content (AvgIpc) is 2.18. The first-order valence-corrected chi connectivity index (χ1v) is 4.62. The number of hydrogen-bond acceptors (Lipinski definition) is 3. The van der Waals surface area contributed by atoms with E-state index in [4.69, 9.17) is 14.6 Å². The van der Waals surface area contributed by atoms with Crippen LogP contribution >= 0.6 is 0 Å². The van der Waals surface area contributed by atoms with Crippen molar-refractivity contribution in [2.24, 2.45) is 0 Å². The molecule has 0 aliphatic heterocycles. The Labute approximate surface area is 88.4 Å². The van der Waals surface area contributed by atoms with Gasteiger partial charge in [0.05, 0.1) is 12.2 Å². The largest absolute Gasteiger partial charge is 0.488 e. The molecule has 0 radical (unpaired) electrons. The third-order valence-corrected chi connectivity index (χ3v) is 1.82. The lowest BCUT2D eigenvalue weighted by molar-refractivity contribution is 0.0694. The molecule has 0 amide bonds. The Hall–Kier alpha value is -1.55. The van der Waals surface area contributed by atoms with Crippen LogP contribution in [0.3, 0.4) is 0 Å². The van der Waals surface area contributed by atoms with Gasteiger partial charge in [-0.2, -0.15) is 0 Å². The fourth-order valence-corrected chi connectivity index (χ4v) is 1.20. The van der Waals surface area contributed by atoms with Crippen LogP contribution in [0.1, 0.15) is 17.3 Å². The van der Waals surface area contributed by atoms with Crippen molar-refractivity contribution in [3.05, 3.63) is 29.8 Å². The van der Waals surface area contributed by atoms with Crippen LogP contribution in [-0.4, -0.2) is 30.9 Å². The molecule has 82 valence electrons. The lowest BCUT2D eigenvalue weighted by Crippen LogP contribution is -2.18. The van der Waals surface area contributed by atoms with Gasteiger partial charge in [0.2, 0.25) is 0 Å². The third kappa shape index (κ3) is 3.59. The van der Waals surface area contributed by atoms with Gasteiger partial charge >= 0.3 is 5.97 Å². The molecule has 0 aromatic heterocycles. The summed E-state index contributed by atoms with van der Waals surface area (Å²) in [5, 5.41) is 8.77. The van der Waals surface area contributed by atoms with Crippen molar-refractivity contribution >= 4 is 5.97 Å². The number of benzene rings is 1. The molecular weight excluding hydrogens is 196 g/mol. The van der Waals surface area contributed by atoms with Crippen LogP contribution < -0.4 is 4.74 Å². The van der Waals surface area contributed by atoms with Gasteiger partial charge in [-0.15, -0.1) is 0 Å². The van der Waals surface area contributed by atoms with Gasteiger partial charge in [-0.3, -0.25) is 0 Å². The highest BCUT2D eigenvalue weighted by molar-refractivity contribution is 5.87. The fourth-order valence-electron chi connectivity index (χ4n) is 1.20. The summed E-state index contributed by atoms with van der Waals surface area (Å²) in [6, 6.07) is 6.39. The second-order valence-electron chi connectivity index (χ2n) is 3.22. The molecule has 1 aromatic rings. The summed E-state index contributed by atoms with van der Waals surface area (Å²) >= 11 is 0. The zero-order valence-corrected chi connectivity index (χ0v) is 8.77. The van der Waals surface area contributed by atoms with E-state index in [2.05, 4.69) is 0 Å². The van der Waals surface area contributed by atoms with Gasteiger partial charge < -0.3 is 14.6 Å². The van der Waals surface area contributed by atoms with Gasteiger partial charge in [0.25, 0.3) is 0 Å². The van der Waals surface area contributed by atoms with Gasteiger partial charge in [-0.05, 0) is 25.1 Å². The van der Waals surface area contributed by atoms with Crippen molar-refractivity contribution in [3.63, 3.8) is 0 Å². The van der Waals surface area contributed by atoms with Crippen LogP contribution in [0, 0.1) is 0 Å². The Morgan fingerprint density at radius 2 is 2.27 bits per heavy atom. The maximum atomic E-state index is 10.7. The molecule has 1 N–H and O–H groups in total. The Kier molecular flexibility index (Phi) is 4.12. The molecule has 0 aliphatic rings. The Morgan fingerprint density at radius 3 is 2.87 bits per heavy atom. The summed E-state index contributed by atoms with van der Waals surface area (Å²) in [7, 11) is 1.59. The maximum absolute atomic E-state index is 10.7. The Morgan fingerprint density at radius 1 is 1.53 bits per heavy atom. The molecule has 0 fully saturated rings. The average molecular weight is 210 g/mol. The lowest BCUT2D eigenvalue weighted by atomic mass is 10.2. The zero-order valence-electron chi connectivity index (χ0n) is 8.77. The van der Waals surface area contributed by atoms with Crippen LogP contribution in [0.15, 0.2) is 24.3 Å². The zero-order chi connectivity index (χ0) is 11.3. The van der Waals surface area contributed by atoms with Crippen LogP contribution in [0.25, 0.3) is 0 Å². The molecule has 0 aliphatic carbocycles. The number of rotatable bonds is 5. The number of carboxylic acid groups (broad SMARTS) is 1. The molecule has 0 bridgehead atoms. The van der Waals surface area contributed by atoms with E-state index in [-0.39, 0.29) is 11.7 Å². The van der Waals surface area contributed by atoms with Crippen LogP contribution in [0.5, 0.6) is 5.75 Å². The molecule has 0 saturated heterocycles. The van der Waals surface area contributed by atoms with Gasteiger partial charge in [0.1, 0.15) is 11.9 Å². The minimum Gasteiger partial charge on any atom is -0.488 e. The van der Waals surface area contributed by atoms with Gasteiger partial charge in [0.15, 0.2) is 0 Å². The second kappa shape index (κ2) is 5.36. The molecule has 0 spiro atoms. The van der Waals surface area contributed by atoms with E-state index in [1.807, 2.05) is 6.92 Å². The first-order chi connectivity index (χ1) is 7.13. The molecule has 1 rings (SSSR count). The van der Waals surface area contributed by atoms with Crippen molar-refractivity contribution in [1.29, 1.82) is 0 Å². The van der Waals surface area contributed by atoms with Gasteiger partial charge in [-0.1, -0.05) is 6.07 Å². The molecule has 0 saturated carbocycles. The molecular formula is C11H14O4. The third-order valence-electron chi connectivity index (χ3n) is 1.82. The van der Waals surface area contributed by atoms with Crippen molar-refractivity contribution in [1.82, 2.24) is 0 Å². The number of carboxylic acids is 1. The minimum absolute atomic E-state index is 0.0981. The van der Waals surface area contributed by atoms with Crippen molar-refractivity contribution in [2.45, 2.75) is 13.0 Å². The van der Waals surface area contributed by atoms with E-state index < -0.39 is 5.97 Å². The van der Waals surface area contributed by atoms with E-state index in [0.29, 0.717) is 12.4 Å². The highest BCUT2D eigenvalue weighted by atomic mass is 16.5. The number of carbonyl (C=O) groups is 1. The standard InChI is InChI=1S/C11H14O4/c1-8(7-14-2)15-10-5-3-4-9(6-10)11(12)13/h3-6,8H,7H2,1-2H3,(H,12,13)/t8-/m0/s1. The monoisotopic (exact) mass is 210 g/mol. The van der Waals surface area contributed by atoms with Gasteiger partial charge in [-0.25, -0.2) is 4.79 Å². The quantitative estimate of drug-likeness (QED) is 0.805. The summed E-state index contributed by atoms with van der Waals surface area (Å²) in [5.41, 5.74) is 0.220. The predicted octanol–water partition coefficient (Wildman–Crippen LogP) is 1.80. The normalized spacial score (nSPS) is 12.1.